The molecule has 2 atom stereocenters. The first-order chi connectivity index (χ1) is 13.5. The van der Waals surface area contributed by atoms with Crippen LogP contribution in [0.15, 0.2) is 48.5 Å². The van der Waals surface area contributed by atoms with Crippen LogP contribution in [0.5, 0.6) is 0 Å². The molecule has 0 aromatic heterocycles. The normalized spacial score (nSPS) is 22.3. The number of carboxylic acid groups (broad SMARTS) is 1. The van der Waals surface area contributed by atoms with Gasteiger partial charge in [0.1, 0.15) is 12.4 Å². The van der Waals surface area contributed by atoms with Gasteiger partial charge in [-0.05, 0) is 35.4 Å². The van der Waals surface area contributed by atoms with Gasteiger partial charge in [-0.3, -0.25) is 9.69 Å². The highest BCUT2D eigenvalue weighted by atomic mass is 19.1. The smallest absolute Gasteiger partial charge is 0.335 e. The molecule has 2 aliphatic rings. The molecule has 2 unspecified atom stereocenters. The third kappa shape index (κ3) is 3.90. The molecule has 28 heavy (non-hydrogen) atoms. The number of hydrogen-bond donors (Lipinski definition) is 1. The number of carbonyl (C=O) groups excluding carboxylic acids is 1. The molecule has 2 aromatic carbocycles. The minimum absolute atomic E-state index is 0.0513. The summed E-state index contributed by atoms with van der Waals surface area (Å²) in [5.41, 5.74) is 2.16. The van der Waals surface area contributed by atoms with Crippen LogP contribution >= 0.6 is 0 Å². The van der Waals surface area contributed by atoms with Crippen LogP contribution in [0.25, 0.3) is 0 Å². The van der Waals surface area contributed by atoms with E-state index < -0.39 is 5.97 Å². The lowest BCUT2D eigenvalue weighted by atomic mass is 10.1. The number of halogens is 1. The molecule has 0 saturated carbocycles. The number of amides is 1. The number of fused-ring (bicyclic) bond motifs is 1. The summed E-state index contributed by atoms with van der Waals surface area (Å²) < 4.78 is 18.9. The summed E-state index contributed by atoms with van der Waals surface area (Å²) in [7, 11) is 0. The van der Waals surface area contributed by atoms with Gasteiger partial charge in [0.2, 0.25) is 5.91 Å². The van der Waals surface area contributed by atoms with Gasteiger partial charge in [-0.1, -0.05) is 24.3 Å². The van der Waals surface area contributed by atoms with Crippen LogP contribution in [0.4, 0.5) is 4.39 Å². The van der Waals surface area contributed by atoms with Crippen molar-refractivity contribution in [3.8, 4) is 0 Å². The van der Waals surface area contributed by atoms with E-state index in [1.165, 1.54) is 12.1 Å². The summed E-state index contributed by atoms with van der Waals surface area (Å²) in [5.74, 6) is -1.30. The highest BCUT2D eigenvalue weighted by Gasteiger charge is 2.42. The summed E-state index contributed by atoms with van der Waals surface area (Å²) in [6.07, 6.45) is -0.0589. The van der Waals surface area contributed by atoms with E-state index in [0.717, 1.165) is 11.1 Å². The molecule has 146 valence electrons. The van der Waals surface area contributed by atoms with E-state index in [2.05, 4.69) is 4.90 Å². The van der Waals surface area contributed by atoms with Gasteiger partial charge >= 0.3 is 5.97 Å². The fourth-order valence-corrected chi connectivity index (χ4v) is 3.87. The van der Waals surface area contributed by atoms with Crippen molar-refractivity contribution in [1.29, 1.82) is 0 Å². The number of aromatic carboxylic acids is 1. The molecule has 0 bridgehead atoms. The predicted octanol–water partition coefficient (Wildman–Crippen LogP) is 2.14. The van der Waals surface area contributed by atoms with Crippen LogP contribution in [0, 0.1) is 5.82 Å². The molecule has 2 aromatic rings. The second kappa shape index (κ2) is 7.69. The van der Waals surface area contributed by atoms with Crippen molar-refractivity contribution >= 4 is 11.9 Å². The lowest BCUT2D eigenvalue weighted by molar-refractivity contribution is -0.153. The minimum Gasteiger partial charge on any atom is -0.478 e. The van der Waals surface area contributed by atoms with Crippen LogP contribution in [0.3, 0.4) is 0 Å². The third-order valence-corrected chi connectivity index (χ3v) is 5.33. The Morgan fingerprint density at radius 3 is 2.36 bits per heavy atom. The molecule has 0 spiro atoms. The number of rotatable bonds is 5. The van der Waals surface area contributed by atoms with E-state index in [9.17, 15) is 14.0 Å². The molecule has 4 rings (SSSR count). The largest absolute Gasteiger partial charge is 0.478 e. The molecule has 2 fully saturated rings. The zero-order valence-electron chi connectivity index (χ0n) is 15.3. The van der Waals surface area contributed by atoms with Crippen LogP contribution in [-0.4, -0.2) is 58.6 Å². The highest BCUT2D eigenvalue weighted by Crippen LogP contribution is 2.26. The summed E-state index contributed by atoms with van der Waals surface area (Å²) in [5, 5.41) is 9.01. The quantitative estimate of drug-likeness (QED) is 0.855. The second-order valence-electron chi connectivity index (χ2n) is 7.26. The third-order valence-electron chi connectivity index (χ3n) is 5.33. The topological polar surface area (TPSA) is 70.1 Å². The molecule has 2 saturated heterocycles. The van der Waals surface area contributed by atoms with Crippen molar-refractivity contribution in [2.75, 3.05) is 19.7 Å². The Hall–Kier alpha value is -2.77. The first-order valence-electron chi connectivity index (χ1n) is 9.20. The number of nitrogens with zero attached hydrogens (tertiary/aromatic N) is 2. The molecule has 2 aliphatic heterocycles. The molecule has 1 N–H and O–H groups in total. The first-order valence-corrected chi connectivity index (χ1v) is 9.20. The number of morpholine rings is 1. The van der Waals surface area contributed by atoms with Crippen LogP contribution in [-0.2, 0) is 22.6 Å². The van der Waals surface area contributed by atoms with E-state index in [4.69, 9.17) is 9.84 Å². The Kier molecular flexibility index (Phi) is 5.11. The number of likely N-dealkylation sites (tertiary alicyclic amines) is 1. The molecular weight excluding hydrogens is 363 g/mol. The van der Waals surface area contributed by atoms with Gasteiger partial charge in [-0.15, -0.1) is 0 Å². The van der Waals surface area contributed by atoms with Crippen LogP contribution in [0.1, 0.15) is 21.5 Å². The van der Waals surface area contributed by atoms with Gasteiger partial charge in [-0.25, -0.2) is 9.18 Å². The van der Waals surface area contributed by atoms with Gasteiger partial charge < -0.3 is 14.7 Å². The molecule has 2 heterocycles. The fourth-order valence-electron chi connectivity index (χ4n) is 3.87. The van der Waals surface area contributed by atoms with Gasteiger partial charge in [0.15, 0.2) is 0 Å². The maximum absolute atomic E-state index is 13.1. The number of hydrogen-bond acceptors (Lipinski definition) is 4. The molecule has 0 aliphatic carbocycles. The van der Waals surface area contributed by atoms with E-state index in [1.54, 1.807) is 24.3 Å². The molecular formula is C21H21FN2O4. The summed E-state index contributed by atoms with van der Waals surface area (Å²) in [4.78, 5) is 27.4. The maximum atomic E-state index is 13.1. The lowest BCUT2D eigenvalue weighted by Gasteiger charge is -2.36. The van der Waals surface area contributed by atoms with Gasteiger partial charge in [0, 0.05) is 26.2 Å². The Morgan fingerprint density at radius 1 is 1.04 bits per heavy atom. The Balaban J connectivity index is 1.44. The standard InChI is InChI=1S/C21H21FN2O4/c22-17-7-3-15(4-8-17)10-24-18-11-23(12-19(18)28-13-20(24)25)9-14-1-5-16(6-2-14)21(26)27/h1-8,18-19H,9-13H2,(H,26,27). The minimum atomic E-state index is -0.943. The zero-order chi connectivity index (χ0) is 19.7. The maximum Gasteiger partial charge on any atom is 0.335 e. The fraction of sp³-hybridized carbons (Fsp3) is 0.333. The zero-order valence-corrected chi connectivity index (χ0v) is 15.3. The van der Waals surface area contributed by atoms with Gasteiger partial charge in [0.25, 0.3) is 0 Å². The van der Waals surface area contributed by atoms with Crippen molar-refractivity contribution in [2.24, 2.45) is 0 Å². The monoisotopic (exact) mass is 384 g/mol. The second-order valence-corrected chi connectivity index (χ2v) is 7.26. The molecule has 6 nitrogen and oxygen atoms in total. The number of ether oxygens (including phenoxy) is 1. The lowest BCUT2D eigenvalue weighted by Crippen LogP contribution is -2.53. The number of carboxylic acids is 1. The summed E-state index contributed by atoms with van der Waals surface area (Å²) in [6, 6.07) is 13.0. The average molecular weight is 384 g/mol. The van der Waals surface area contributed by atoms with E-state index in [0.29, 0.717) is 26.2 Å². The van der Waals surface area contributed by atoms with Gasteiger partial charge in [0.05, 0.1) is 17.7 Å². The van der Waals surface area contributed by atoms with Crippen molar-refractivity contribution < 1.29 is 23.8 Å². The summed E-state index contributed by atoms with van der Waals surface area (Å²) >= 11 is 0. The SMILES string of the molecule is O=C(O)c1ccc(CN2CC3OCC(=O)N(Cc4ccc(F)cc4)C3C2)cc1. The Labute approximate surface area is 162 Å². The number of benzene rings is 2. The first kappa shape index (κ1) is 18.6. The Bertz CT molecular complexity index is 869. The van der Waals surface area contributed by atoms with Crippen LogP contribution < -0.4 is 0 Å². The van der Waals surface area contributed by atoms with Crippen molar-refractivity contribution in [2.45, 2.75) is 25.2 Å². The highest BCUT2D eigenvalue weighted by molar-refractivity contribution is 5.87. The van der Waals surface area contributed by atoms with Crippen LogP contribution in [0.2, 0.25) is 0 Å². The molecule has 7 heteroatoms. The average Bonchev–Trinajstić information content (AvgIpc) is 3.09. The van der Waals surface area contributed by atoms with Crippen molar-refractivity contribution in [3.05, 3.63) is 71.0 Å². The van der Waals surface area contributed by atoms with E-state index in [-0.39, 0.29) is 36.0 Å². The van der Waals surface area contributed by atoms with Crippen molar-refractivity contribution in [3.63, 3.8) is 0 Å². The predicted molar refractivity (Wildman–Crippen MR) is 99.2 cm³/mol. The Morgan fingerprint density at radius 2 is 1.68 bits per heavy atom. The van der Waals surface area contributed by atoms with E-state index >= 15 is 0 Å². The van der Waals surface area contributed by atoms with Crippen molar-refractivity contribution in [1.82, 2.24) is 9.80 Å². The molecule has 1 amide bonds. The van der Waals surface area contributed by atoms with Gasteiger partial charge in [-0.2, -0.15) is 0 Å². The van der Waals surface area contributed by atoms with E-state index in [1.807, 2.05) is 17.0 Å². The summed E-state index contributed by atoms with van der Waals surface area (Å²) in [6.45, 7) is 2.54. The number of carbonyl (C=O) groups is 2. The molecule has 0 radical (unpaired) electrons.